The Morgan fingerprint density at radius 2 is 2.00 bits per heavy atom. The van der Waals surface area contributed by atoms with Crippen LogP contribution in [0.1, 0.15) is 29.6 Å². The number of carbonyl (C=O) groups excluding carboxylic acids is 1. The number of amides is 1. The highest BCUT2D eigenvalue weighted by Gasteiger charge is 2.33. The van der Waals surface area contributed by atoms with Crippen LogP contribution < -0.4 is 4.74 Å². The van der Waals surface area contributed by atoms with E-state index in [2.05, 4.69) is 4.90 Å². The van der Waals surface area contributed by atoms with E-state index >= 15 is 0 Å². The first-order valence-electron chi connectivity index (χ1n) is 9.07. The molecule has 3 rings (SSSR count). The fraction of sp³-hybridized carbons (Fsp3) is 0.632. The molecule has 1 aromatic rings. The number of ether oxygens (including phenoxy) is 1. The van der Waals surface area contributed by atoms with E-state index in [1.54, 1.807) is 11.0 Å². The largest absolute Gasteiger partial charge is 0.496 e. The molecule has 2 aliphatic rings. The highest BCUT2D eigenvalue weighted by molar-refractivity contribution is 5.97. The van der Waals surface area contributed by atoms with Crippen LogP contribution in [0.4, 0.5) is 4.39 Å². The van der Waals surface area contributed by atoms with Gasteiger partial charge in [0.15, 0.2) is 0 Å². The van der Waals surface area contributed by atoms with Crippen molar-refractivity contribution >= 4 is 5.91 Å². The van der Waals surface area contributed by atoms with Crippen LogP contribution in [0, 0.1) is 17.7 Å². The Kier molecular flexibility index (Phi) is 5.91. The molecule has 2 fully saturated rings. The second kappa shape index (κ2) is 8.15. The second-order valence-electron chi connectivity index (χ2n) is 7.19. The second-order valence-corrected chi connectivity index (χ2v) is 7.19. The van der Waals surface area contributed by atoms with Crippen LogP contribution in [-0.4, -0.2) is 67.3 Å². The number of hydrogen-bond acceptors (Lipinski definition) is 4. The van der Waals surface area contributed by atoms with E-state index in [9.17, 15) is 14.3 Å². The molecule has 0 saturated carbocycles. The average Bonchev–Trinajstić information content (AvgIpc) is 3.13. The maximum Gasteiger partial charge on any atom is 0.260 e. The van der Waals surface area contributed by atoms with Crippen molar-refractivity contribution in [3.63, 3.8) is 0 Å². The molecule has 0 spiro atoms. The van der Waals surface area contributed by atoms with Crippen molar-refractivity contribution in [3.05, 3.63) is 29.6 Å². The Labute approximate surface area is 148 Å². The predicted octanol–water partition coefficient (Wildman–Crippen LogP) is 2.00. The molecular weight excluding hydrogens is 323 g/mol. The van der Waals surface area contributed by atoms with Gasteiger partial charge < -0.3 is 19.6 Å². The molecule has 2 heterocycles. The number of likely N-dealkylation sites (tertiary alicyclic amines) is 2. The molecule has 1 N–H and O–H groups in total. The summed E-state index contributed by atoms with van der Waals surface area (Å²) in [4.78, 5) is 17.1. The lowest BCUT2D eigenvalue weighted by Gasteiger charge is -2.38. The highest BCUT2D eigenvalue weighted by Crippen LogP contribution is 2.28. The van der Waals surface area contributed by atoms with Gasteiger partial charge in [-0.05, 0) is 56.3 Å². The summed E-state index contributed by atoms with van der Waals surface area (Å²) in [5.41, 5.74) is -0.0106. The van der Waals surface area contributed by atoms with Gasteiger partial charge in [-0.25, -0.2) is 4.39 Å². The summed E-state index contributed by atoms with van der Waals surface area (Å²) in [6.45, 7) is 4.26. The van der Waals surface area contributed by atoms with Gasteiger partial charge >= 0.3 is 0 Å². The van der Waals surface area contributed by atoms with E-state index in [1.807, 2.05) is 0 Å². The fourth-order valence-electron chi connectivity index (χ4n) is 4.12. The fourth-order valence-corrected chi connectivity index (χ4v) is 4.12. The third kappa shape index (κ3) is 4.12. The lowest BCUT2D eigenvalue weighted by Crippen LogP contribution is -2.48. The number of halogens is 1. The van der Waals surface area contributed by atoms with Gasteiger partial charge in [-0.3, -0.25) is 4.79 Å². The van der Waals surface area contributed by atoms with Crippen LogP contribution in [0.15, 0.2) is 18.2 Å². The molecule has 1 amide bonds. The predicted molar refractivity (Wildman–Crippen MR) is 93.2 cm³/mol. The van der Waals surface area contributed by atoms with Gasteiger partial charge in [0.1, 0.15) is 17.1 Å². The Morgan fingerprint density at radius 1 is 1.28 bits per heavy atom. The number of benzene rings is 1. The number of carbonyl (C=O) groups is 1. The zero-order valence-electron chi connectivity index (χ0n) is 14.8. The summed E-state index contributed by atoms with van der Waals surface area (Å²) >= 11 is 0. The topological polar surface area (TPSA) is 53.0 Å². The van der Waals surface area contributed by atoms with E-state index in [1.165, 1.54) is 32.1 Å². The van der Waals surface area contributed by atoms with Crippen molar-refractivity contribution in [2.75, 3.05) is 46.4 Å². The molecule has 138 valence electrons. The summed E-state index contributed by atoms with van der Waals surface area (Å²) in [6.07, 6.45) is 3.36. The minimum absolute atomic E-state index is 0.0106. The van der Waals surface area contributed by atoms with Crippen molar-refractivity contribution in [3.8, 4) is 5.75 Å². The molecule has 0 aliphatic carbocycles. The van der Waals surface area contributed by atoms with E-state index in [-0.39, 0.29) is 29.7 Å². The third-order valence-corrected chi connectivity index (χ3v) is 5.29. The molecule has 5 nitrogen and oxygen atoms in total. The van der Waals surface area contributed by atoms with Gasteiger partial charge in [-0.1, -0.05) is 6.07 Å². The molecule has 1 aromatic carbocycles. The maximum absolute atomic E-state index is 14.3. The van der Waals surface area contributed by atoms with Gasteiger partial charge in [0.2, 0.25) is 0 Å². The zero-order chi connectivity index (χ0) is 17.8. The van der Waals surface area contributed by atoms with Crippen LogP contribution in [0.2, 0.25) is 0 Å². The normalized spacial score (nSPS) is 24.5. The molecule has 0 bridgehead atoms. The van der Waals surface area contributed by atoms with Gasteiger partial charge in [0.25, 0.3) is 5.91 Å². The van der Waals surface area contributed by atoms with Gasteiger partial charge in [0.05, 0.1) is 7.11 Å². The Balaban J connectivity index is 1.76. The van der Waals surface area contributed by atoms with Crippen molar-refractivity contribution < 1.29 is 19.0 Å². The first-order valence-corrected chi connectivity index (χ1v) is 9.07. The molecule has 6 heteroatoms. The molecule has 0 aromatic heterocycles. The first kappa shape index (κ1) is 18.1. The number of hydrogen-bond donors (Lipinski definition) is 1. The van der Waals surface area contributed by atoms with Crippen LogP contribution >= 0.6 is 0 Å². The smallest absolute Gasteiger partial charge is 0.260 e. The number of methoxy groups -OCH3 is 1. The van der Waals surface area contributed by atoms with E-state index in [4.69, 9.17) is 4.74 Å². The highest BCUT2D eigenvalue weighted by atomic mass is 19.1. The van der Waals surface area contributed by atoms with E-state index in [0.29, 0.717) is 19.0 Å². The van der Waals surface area contributed by atoms with Crippen molar-refractivity contribution in [2.45, 2.75) is 19.3 Å². The average molecular weight is 350 g/mol. The van der Waals surface area contributed by atoms with Gasteiger partial charge in [0, 0.05) is 26.2 Å². The lowest BCUT2D eigenvalue weighted by atomic mass is 9.88. The van der Waals surface area contributed by atoms with Crippen molar-refractivity contribution in [2.24, 2.45) is 11.8 Å². The minimum atomic E-state index is -0.563. The third-order valence-electron chi connectivity index (χ3n) is 5.29. The summed E-state index contributed by atoms with van der Waals surface area (Å²) in [5, 5.41) is 9.64. The molecule has 0 radical (unpaired) electrons. The summed E-state index contributed by atoms with van der Waals surface area (Å²) in [5.74, 6) is -0.299. The number of piperidine rings is 1. The molecule has 2 saturated heterocycles. The molecule has 25 heavy (non-hydrogen) atoms. The summed E-state index contributed by atoms with van der Waals surface area (Å²) < 4.78 is 19.4. The number of aliphatic hydroxyl groups is 1. The molecule has 2 atom stereocenters. The number of aliphatic hydroxyl groups excluding tert-OH is 1. The van der Waals surface area contributed by atoms with E-state index in [0.717, 1.165) is 26.1 Å². The molecule has 0 unspecified atom stereocenters. The zero-order valence-corrected chi connectivity index (χ0v) is 14.8. The standard InChI is InChI=1S/C19H27FN2O3/c1-25-17-6-4-5-16(20)18(17)19(24)22-11-14(9-15(12-22)13-23)10-21-7-2-3-8-21/h4-6,14-15,23H,2-3,7-13H2,1H3/t14-,15+/m1/s1. The van der Waals surface area contributed by atoms with Gasteiger partial charge in [-0.2, -0.15) is 0 Å². The molecule has 2 aliphatic heterocycles. The van der Waals surface area contributed by atoms with Crippen molar-refractivity contribution in [1.82, 2.24) is 9.80 Å². The lowest BCUT2D eigenvalue weighted by molar-refractivity contribution is 0.0459. The van der Waals surface area contributed by atoms with Crippen LogP contribution in [0.25, 0.3) is 0 Å². The van der Waals surface area contributed by atoms with Gasteiger partial charge in [-0.15, -0.1) is 0 Å². The maximum atomic E-state index is 14.3. The SMILES string of the molecule is COc1cccc(F)c1C(=O)N1C[C@@H](CN2CCCC2)C[C@H](CO)C1. The van der Waals surface area contributed by atoms with E-state index < -0.39 is 5.82 Å². The minimum Gasteiger partial charge on any atom is -0.496 e. The monoisotopic (exact) mass is 350 g/mol. The first-order chi connectivity index (χ1) is 12.1. The quantitative estimate of drug-likeness (QED) is 0.883. The Hall–Kier alpha value is -1.66. The van der Waals surface area contributed by atoms with Crippen LogP contribution in [-0.2, 0) is 0 Å². The Morgan fingerprint density at radius 3 is 2.68 bits per heavy atom. The van der Waals surface area contributed by atoms with Crippen LogP contribution in [0.3, 0.4) is 0 Å². The Bertz CT molecular complexity index is 604. The molecular formula is C19H27FN2O3. The summed E-state index contributed by atoms with van der Waals surface area (Å²) in [6, 6.07) is 4.42. The van der Waals surface area contributed by atoms with Crippen molar-refractivity contribution in [1.29, 1.82) is 0 Å². The number of nitrogens with zero attached hydrogens (tertiary/aromatic N) is 2. The van der Waals surface area contributed by atoms with Crippen LogP contribution in [0.5, 0.6) is 5.75 Å². The number of rotatable bonds is 5. The summed E-state index contributed by atoms with van der Waals surface area (Å²) in [7, 11) is 1.44.